The van der Waals surface area contributed by atoms with E-state index < -0.39 is 0 Å². The molecule has 2 aliphatic rings. The van der Waals surface area contributed by atoms with Gasteiger partial charge in [0.05, 0.1) is 17.9 Å². The number of fused-ring (bicyclic) bond motifs is 6. The fraction of sp³-hybridized carbons (Fsp3) is 0.0656. The Hall–Kier alpha value is -8.41. The Morgan fingerprint density at radius 3 is 1.73 bits per heavy atom. The van der Waals surface area contributed by atoms with Crippen LogP contribution >= 0.6 is 0 Å². The Bertz CT molecular complexity index is 3570. The van der Waals surface area contributed by atoms with Gasteiger partial charge in [0.2, 0.25) is 0 Å². The van der Waals surface area contributed by atoms with E-state index >= 15 is 0 Å². The van der Waals surface area contributed by atoms with Crippen molar-refractivity contribution >= 4 is 56.4 Å². The monoisotopic (exact) mass is 848 g/mol. The number of hydrogen-bond donors (Lipinski definition) is 0. The van der Waals surface area contributed by atoms with Crippen molar-refractivity contribution in [2.75, 3.05) is 11.4 Å². The summed E-state index contributed by atoms with van der Waals surface area (Å²) < 4.78 is 7.20. The number of rotatable bonds is 8. The summed E-state index contributed by atoms with van der Waals surface area (Å²) >= 11 is 0. The first kappa shape index (κ1) is 39.2. The Balaban J connectivity index is 0.983. The van der Waals surface area contributed by atoms with Gasteiger partial charge in [-0.2, -0.15) is 0 Å². The number of furan rings is 1. The molecular formula is C61H44N4O. The van der Waals surface area contributed by atoms with Crippen LogP contribution in [0.5, 0.6) is 0 Å². The van der Waals surface area contributed by atoms with E-state index in [4.69, 9.17) is 19.4 Å². The molecule has 0 bridgehead atoms. The Morgan fingerprint density at radius 2 is 0.970 bits per heavy atom. The molecular weight excluding hydrogens is 805 g/mol. The van der Waals surface area contributed by atoms with Crippen molar-refractivity contribution < 1.29 is 4.42 Å². The van der Waals surface area contributed by atoms with E-state index in [1.807, 2.05) is 60.7 Å². The molecule has 0 unspecified atom stereocenters. The van der Waals surface area contributed by atoms with Crippen LogP contribution in [-0.2, 0) is 5.41 Å². The minimum atomic E-state index is -0.158. The predicted molar refractivity (Wildman–Crippen MR) is 274 cm³/mol. The van der Waals surface area contributed by atoms with Gasteiger partial charge in [-0.25, -0.2) is 9.98 Å². The van der Waals surface area contributed by atoms with Gasteiger partial charge in [-0.15, -0.1) is 0 Å². The van der Waals surface area contributed by atoms with Gasteiger partial charge in [0.15, 0.2) is 17.3 Å². The lowest BCUT2D eigenvalue weighted by Crippen LogP contribution is -2.16. The lowest BCUT2D eigenvalue weighted by atomic mass is 9.82. The van der Waals surface area contributed by atoms with Gasteiger partial charge < -0.3 is 9.32 Å². The van der Waals surface area contributed by atoms with Crippen molar-refractivity contribution in [3.05, 3.63) is 246 Å². The lowest BCUT2D eigenvalue weighted by molar-refractivity contribution is 0.660. The van der Waals surface area contributed by atoms with Gasteiger partial charge in [0.25, 0.3) is 0 Å². The maximum absolute atomic E-state index is 7.20. The topological polar surface area (TPSA) is 53.5 Å². The standard InChI is InChI=1S/C61H44N4O/c1-61(2)53-29-13-12-25-49(53)50-36-35-47(38-54(50)61)65(46-33-31-41(32-34-46)40-17-6-3-7-18-40)56-30-16-28-52-51-27-15-26-48(57(51)66-58(52)56)44-23-14-24-45(37-44)55-39-62-59(42-19-8-4-9-20-42)64-60(63-55)43-21-10-5-11-22-43/h3-38H,39H2,1-2H3. The Labute approximate surface area is 384 Å². The number of amidine groups is 2. The molecule has 1 aliphatic heterocycles. The van der Waals surface area contributed by atoms with Crippen LogP contribution in [-0.4, -0.2) is 23.9 Å². The number of anilines is 3. The minimum Gasteiger partial charge on any atom is -0.453 e. The summed E-state index contributed by atoms with van der Waals surface area (Å²) in [5, 5.41) is 2.11. The van der Waals surface area contributed by atoms with Gasteiger partial charge in [0.1, 0.15) is 5.58 Å². The molecule has 0 fully saturated rings. The van der Waals surface area contributed by atoms with Crippen LogP contribution in [0.25, 0.3) is 55.3 Å². The molecule has 0 N–H and O–H groups in total. The Kier molecular flexibility index (Phi) is 9.50. The molecule has 1 aliphatic carbocycles. The van der Waals surface area contributed by atoms with Crippen molar-refractivity contribution in [2.45, 2.75) is 19.3 Å². The normalized spacial score (nSPS) is 13.9. The highest BCUT2D eigenvalue weighted by Crippen LogP contribution is 2.51. The zero-order chi connectivity index (χ0) is 44.2. The zero-order valence-corrected chi connectivity index (χ0v) is 36.7. The third-order valence-electron chi connectivity index (χ3n) is 13.2. The molecule has 0 saturated heterocycles. The fourth-order valence-corrected chi connectivity index (χ4v) is 9.86. The van der Waals surface area contributed by atoms with E-state index in [0.717, 1.165) is 72.5 Å². The third kappa shape index (κ3) is 6.76. The molecule has 66 heavy (non-hydrogen) atoms. The van der Waals surface area contributed by atoms with Crippen LogP contribution in [0.15, 0.2) is 238 Å². The zero-order valence-electron chi connectivity index (χ0n) is 36.7. The van der Waals surface area contributed by atoms with Crippen molar-refractivity contribution in [1.82, 2.24) is 0 Å². The van der Waals surface area contributed by atoms with Crippen LogP contribution in [0.2, 0.25) is 0 Å². The average Bonchev–Trinajstić information content (AvgIpc) is 3.76. The van der Waals surface area contributed by atoms with Gasteiger partial charge in [-0.1, -0.05) is 196 Å². The van der Waals surface area contributed by atoms with E-state index in [2.05, 4.69) is 176 Å². The summed E-state index contributed by atoms with van der Waals surface area (Å²) in [6.07, 6.45) is 0. The molecule has 12 rings (SSSR count). The van der Waals surface area contributed by atoms with Crippen molar-refractivity contribution in [3.63, 3.8) is 0 Å². The van der Waals surface area contributed by atoms with E-state index in [1.165, 1.54) is 33.4 Å². The highest BCUT2D eigenvalue weighted by Gasteiger charge is 2.36. The molecule has 1 aromatic heterocycles. The van der Waals surface area contributed by atoms with E-state index in [0.29, 0.717) is 18.2 Å². The molecule has 5 heteroatoms. The summed E-state index contributed by atoms with van der Waals surface area (Å²) in [7, 11) is 0. The molecule has 2 heterocycles. The highest BCUT2D eigenvalue weighted by atomic mass is 16.3. The molecule has 0 saturated carbocycles. The third-order valence-corrected chi connectivity index (χ3v) is 13.2. The second-order valence-electron chi connectivity index (χ2n) is 17.5. The predicted octanol–water partition coefficient (Wildman–Crippen LogP) is 15.4. The molecule has 0 amide bonds. The SMILES string of the molecule is CC1(C)c2ccccc2-c2ccc(N(c3ccc(-c4ccccc4)cc3)c3cccc4c3oc3c(-c5cccc(C6=NC(c7ccccc7)=NC(c7ccccc7)=NC6)c5)cccc34)cc21. The lowest BCUT2D eigenvalue weighted by Gasteiger charge is -2.28. The second-order valence-corrected chi connectivity index (χ2v) is 17.5. The highest BCUT2D eigenvalue weighted by molar-refractivity contribution is 6.20. The Morgan fingerprint density at radius 1 is 0.409 bits per heavy atom. The van der Waals surface area contributed by atoms with Gasteiger partial charge in [0, 0.05) is 44.3 Å². The summed E-state index contributed by atoms with van der Waals surface area (Å²) in [4.78, 5) is 17.6. The van der Waals surface area contributed by atoms with Crippen LogP contribution in [0.4, 0.5) is 17.1 Å². The van der Waals surface area contributed by atoms with Gasteiger partial charge in [-0.05, 0) is 80.9 Å². The summed E-state index contributed by atoms with van der Waals surface area (Å²) in [5.74, 6) is 1.31. The molecule has 0 radical (unpaired) electrons. The van der Waals surface area contributed by atoms with Gasteiger partial charge in [-0.3, -0.25) is 4.99 Å². The van der Waals surface area contributed by atoms with Crippen molar-refractivity contribution in [2.24, 2.45) is 15.0 Å². The van der Waals surface area contributed by atoms with Crippen molar-refractivity contribution in [3.8, 4) is 33.4 Å². The van der Waals surface area contributed by atoms with Gasteiger partial charge >= 0.3 is 0 Å². The molecule has 9 aromatic carbocycles. The number of para-hydroxylation sites is 2. The molecule has 0 spiro atoms. The van der Waals surface area contributed by atoms with Crippen LogP contribution in [0.1, 0.15) is 41.7 Å². The molecule has 10 aromatic rings. The summed E-state index contributed by atoms with van der Waals surface area (Å²) in [6.45, 7) is 5.06. The smallest absolute Gasteiger partial charge is 0.161 e. The summed E-state index contributed by atoms with van der Waals surface area (Å²) in [6, 6.07) is 77.0. The molecule has 314 valence electrons. The maximum atomic E-state index is 7.20. The first-order valence-corrected chi connectivity index (χ1v) is 22.5. The fourth-order valence-electron chi connectivity index (χ4n) is 9.86. The number of nitrogens with zero attached hydrogens (tertiary/aromatic N) is 4. The van der Waals surface area contributed by atoms with Crippen LogP contribution in [0, 0.1) is 0 Å². The average molecular weight is 849 g/mol. The first-order valence-electron chi connectivity index (χ1n) is 22.5. The maximum Gasteiger partial charge on any atom is 0.161 e. The van der Waals surface area contributed by atoms with Crippen molar-refractivity contribution in [1.29, 1.82) is 0 Å². The quantitative estimate of drug-likeness (QED) is 0.153. The van der Waals surface area contributed by atoms with E-state index in [9.17, 15) is 0 Å². The molecule has 0 atom stereocenters. The number of aliphatic imine (C=N–C) groups is 3. The number of hydrogen-bond acceptors (Lipinski definition) is 5. The van der Waals surface area contributed by atoms with E-state index in [-0.39, 0.29) is 5.41 Å². The van der Waals surface area contributed by atoms with E-state index in [1.54, 1.807) is 0 Å². The van der Waals surface area contributed by atoms with Crippen LogP contribution in [0.3, 0.4) is 0 Å². The van der Waals surface area contributed by atoms with Crippen LogP contribution < -0.4 is 4.90 Å². The largest absolute Gasteiger partial charge is 0.453 e. The minimum absolute atomic E-state index is 0.158. The summed E-state index contributed by atoms with van der Waals surface area (Å²) in [5.41, 5.74) is 18.0. The number of benzene rings is 9. The second kappa shape index (κ2) is 16.0. The first-order chi connectivity index (χ1) is 32.5. The molecule has 5 nitrogen and oxygen atoms in total.